The predicted octanol–water partition coefficient (Wildman–Crippen LogP) is 4.60. The van der Waals surface area contributed by atoms with Crippen molar-refractivity contribution in [1.29, 1.82) is 0 Å². The molecule has 10 heteroatoms. The Labute approximate surface area is 218 Å². The summed E-state index contributed by atoms with van der Waals surface area (Å²) in [5.74, 6) is -0.740. The van der Waals surface area contributed by atoms with Gasteiger partial charge in [-0.25, -0.2) is 12.8 Å². The highest BCUT2D eigenvalue weighted by atomic mass is 35.5. The van der Waals surface area contributed by atoms with Crippen LogP contribution in [0.1, 0.15) is 45.6 Å². The van der Waals surface area contributed by atoms with Gasteiger partial charge in [-0.05, 0) is 54.7 Å². The first kappa shape index (κ1) is 29.6. The molecule has 0 aliphatic rings. The zero-order chi connectivity index (χ0) is 26.9. The number of sulfonamides is 1. The van der Waals surface area contributed by atoms with Crippen LogP contribution in [0.4, 0.5) is 10.1 Å². The Morgan fingerprint density at radius 3 is 2.28 bits per heavy atom. The molecule has 7 nitrogen and oxygen atoms in total. The number of rotatable bonds is 13. The number of nitrogens with zero attached hydrogens (tertiary/aromatic N) is 2. The van der Waals surface area contributed by atoms with Gasteiger partial charge in [0, 0.05) is 31.1 Å². The zero-order valence-electron chi connectivity index (χ0n) is 21.2. The molecule has 0 heterocycles. The van der Waals surface area contributed by atoms with Crippen molar-refractivity contribution in [3.63, 3.8) is 0 Å². The molecule has 1 N–H and O–H groups in total. The lowest BCUT2D eigenvalue weighted by Crippen LogP contribution is -2.49. The van der Waals surface area contributed by atoms with E-state index in [1.165, 1.54) is 29.2 Å². The number of hydrogen-bond donors (Lipinski definition) is 1. The molecule has 1 atom stereocenters. The number of hydrogen-bond acceptors (Lipinski definition) is 4. The van der Waals surface area contributed by atoms with Crippen molar-refractivity contribution in [1.82, 2.24) is 10.2 Å². The smallest absolute Gasteiger partial charge is 0.242 e. The van der Waals surface area contributed by atoms with Gasteiger partial charge < -0.3 is 10.2 Å². The number of carbonyl (C=O) groups excluding carboxylic acids is 2. The molecule has 0 aliphatic heterocycles. The summed E-state index contributed by atoms with van der Waals surface area (Å²) in [6, 6.07) is 11.6. The molecule has 0 aromatic heterocycles. The van der Waals surface area contributed by atoms with Crippen LogP contribution in [0.5, 0.6) is 0 Å². The van der Waals surface area contributed by atoms with Crippen LogP contribution < -0.4 is 9.62 Å². The molecular weight excluding hydrogens is 505 g/mol. The maximum Gasteiger partial charge on any atom is 0.242 e. The van der Waals surface area contributed by atoms with E-state index in [1.54, 1.807) is 18.2 Å². The molecule has 2 aromatic rings. The molecule has 0 bridgehead atoms. The third-order valence-electron chi connectivity index (χ3n) is 5.64. The fourth-order valence-corrected chi connectivity index (χ4v) is 4.92. The van der Waals surface area contributed by atoms with Gasteiger partial charge >= 0.3 is 0 Å². The molecule has 0 spiro atoms. The quantitative estimate of drug-likeness (QED) is 0.403. The van der Waals surface area contributed by atoms with Crippen LogP contribution in [0.2, 0.25) is 5.02 Å². The number of halogens is 2. The maximum absolute atomic E-state index is 13.4. The SMILES string of the molecule is CC[C@H](C(=O)NCC(C)C)N(Cc1ccccc1Cl)C(=O)CCCN(c1ccc(F)cc1)S(C)(=O)=O. The summed E-state index contributed by atoms with van der Waals surface area (Å²) >= 11 is 6.34. The largest absolute Gasteiger partial charge is 0.354 e. The molecule has 198 valence electrons. The van der Waals surface area contributed by atoms with Crippen molar-refractivity contribution in [2.75, 3.05) is 23.7 Å². The van der Waals surface area contributed by atoms with Crippen molar-refractivity contribution in [2.45, 2.75) is 52.6 Å². The topological polar surface area (TPSA) is 86.8 Å². The van der Waals surface area contributed by atoms with Crippen LogP contribution >= 0.6 is 11.6 Å². The minimum atomic E-state index is -3.65. The number of carbonyl (C=O) groups is 2. The number of benzene rings is 2. The van der Waals surface area contributed by atoms with Gasteiger partial charge in [0.25, 0.3) is 0 Å². The van der Waals surface area contributed by atoms with Crippen molar-refractivity contribution in [2.24, 2.45) is 5.92 Å². The number of anilines is 1. The van der Waals surface area contributed by atoms with Gasteiger partial charge in [-0.3, -0.25) is 13.9 Å². The maximum atomic E-state index is 13.4. The molecule has 2 rings (SSSR count). The van der Waals surface area contributed by atoms with E-state index in [1.807, 2.05) is 26.8 Å². The fourth-order valence-electron chi connectivity index (χ4n) is 3.76. The summed E-state index contributed by atoms with van der Waals surface area (Å²) in [5.41, 5.74) is 1.03. The fraction of sp³-hybridized carbons (Fsp3) is 0.462. The summed E-state index contributed by atoms with van der Waals surface area (Å²) in [7, 11) is -3.65. The molecule has 0 saturated heterocycles. The minimum absolute atomic E-state index is 0.0195. The van der Waals surface area contributed by atoms with E-state index >= 15 is 0 Å². The Morgan fingerprint density at radius 2 is 1.72 bits per heavy atom. The van der Waals surface area contributed by atoms with Crippen molar-refractivity contribution in [3.8, 4) is 0 Å². The molecule has 0 radical (unpaired) electrons. The standard InChI is InChI=1S/C26H35ClFN3O4S/c1-5-24(26(33)29-17-19(2)3)30(18-20-9-6-7-10-23(20)27)25(32)11-8-16-31(36(4,34)35)22-14-12-21(28)13-15-22/h6-7,9-10,12-15,19,24H,5,8,11,16-18H2,1-4H3,(H,29,33)/t24-/m1/s1. The third-order valence-corrected chi connectivity index (χ3v) is 7.20. The highest BCUT2D eigenvalue weighted by Gasteiger charge is 2.29. The van der Waals surface area contributed by atoms with E-state index in [4.69, 9.17) is 11.6 Å². The number of nitrogens with one attached hydrogen (secondary N) is 1. The summed E-state index contributed by atoms with van der Waals surface area (Å²) in [6.07, 6.45) is 1.71. The first-order valence-electron chi connectivity index (χ1n) is 12.0. The lowest BCUT2D eigenvalue weighted by Gasteiger charge is -2.31. The zero-order valence-corrected chi connectivity index (χ0v) is 22.8. The lowest BCUT2D eigenvalue weighted by atomic mass is 10.1. The highest BCUT2D eigenvalue weighted by molar-refractivity contribution is 7.92. The van der Waals surface area contributed by atoms with Gasteiger partial charge in [-0.2, -0.15) is 0 Å². The predicted molar refractivity (Wildman–Crippen MR) is 142 cm³/mol. The molecule has 0 aliphatic carbocycles. The summed E-state index contributed by atoms with van der Waals surface area (Å²) in [5, 5.41) is 3.40. The molecule has 0 unspecified atom stereocenters. The van der Waals surface area contributed by atoms with E-state index in [-0.39, 0.29) is 43.7 Å². The van der Waals surface area contributed by atoms with E-state index in [2.05, 4.69) is 5.32 Å². The monoisotopic (exact) mass is 539 g/mol. The van der Waals surface area contributed by atoms with E-state index < -0.39 is 21.9 Å². The normalized spacial score (nSPS) is 12.3. The van der Waals surface area contributed by atoms with Crippen LogP contribution in [-0.2, 0) is 26.2 Å². The van der Waals surface area contributed by atoms with Gasteiger partial charge in [0.2, 0.25) is 21.8 Å². The first-order valence-corrected chi connectivity index (χ1v) is 14.2. The second kappa shape index (κ2) is 13.6. The second-order valence-electron chi connectivity index (χ2n) is 9.09. The Hall–Kier alpha value is -2.65. The van der Waals surface area contributed by atoms with Crippen LogP contribution in [0, 0.1) is 11.7 Å². The van der Waals surface area contributed by atoms with Crippen LogP contribution in [0.15, 0.2) is 48.5 Å². The summed E-state index contributed by atoms with van der Waals surface area (Å²) < 4.78 is 39.1. The van der Waals surface area contributed by atoms with Gasteiger partial charge in [-0.15, -0.1) is 0 Å². The van der Waals surface area contributed by atoms with Crippen molar-refractivity contribution < 1.29 is 22.4 Å². The van der Waals surface area contributed by atoms with Gasteiger partial charge in [0.1, 0.15) is 11.9 Å². The average Bonchev–Trinajstić information content (AvgIpc) is 2.81. The minimum Gasteiger partial charge on any atom is -0.354 e. The van der Waals surface area contributed by atoms with Gasteiger partial charge in [-0.1, -0.05) is 50.6 Å². The molecule has 0 saturated carbocycles. The Morgan fingerprint density at radius 1 is 1.08 bits per heavy atom. The van der Waals surface area contributed by atoms with Gasteiger partial charge in [0.05, 0.1) is 11.9 Å². The van der Waals surface area contributed by atoms with Crippen LogP contribution in [0.25, 0.3) is 0 Å². The second-order valence-corrected chi connectivity index (χ2v) is 11.4. The third kappa shape index (κ3) is 8.78. The molecule has 0 fully saturated rings. The molecule has 2 amide bonds. The van der Waals surface area contributed by atoms with E-state index in [9.17, 15) is 22.4 Å². The van der Waals surface area contributed by atoms with E-state index in [0.717, 1.165) is 10.6 Å². The molecule has 2 aromatic carbocycles. The molecule has 36 heavy (non-hydrogen) atoms. The highest BCUT2D eigenvalue weighted by Crippen LogP contribution is 2.22. The van der Waals surface area contributed by atoms with Crippen LogP contribution in [-0.4, -0.2) is 50.5 Å². The number of amides is 2. The Bertz CT molecular complexity index is 1130. The van der Waals surface area contributed by atoms with Crippen LogP contribution in [0.3, 0.4) is 0 Å². The average molecular weight is 540 g/mol. The van der Waals surface area contributed by atoms with Crippen molar-refractivity contribution >= 4 is 39.1 Å². The Balaban J connectivity index is 2.21. The van der Waals surface area contributed by atoms with Crippen molar-refractivity contribution in [3.05, 3.63) is 64.9 Å². The lowest BCUT2D eigenvalue weighted by molar-refractivity contribution is -0.141. The Kier molecular flexibility index (Phi) is 11.2. The first-order chi connectivity index (χ1) is 16.9. The summed E-state index contributed by atoms with van der Waals surface area (Å²) in [4.78, 5) is 27.9. The van der Waals surface area contributed by atoms with Gasteiger partial charge in [0.15, 0.2) is 0 Å². The molecular formula is C26H35ClFN3O4S. The summed E-state index contributed by atoms with van der Waals surface area (Å²) in [6.45, 7) is 6.49. The van der Waals surface area contributed by atoms with E-state index in [0.29, 0.717) is 29.2 Å².